The van der Waals surface area contributed by atoms with Crippen molar-refractivity contribution in [2.45, 2.75) is 6.92 Å². The molecule has 0 atom stereocenters. The Morgan fingerprint density at radius 1 is 1.62 bits per heavy atom. The standard InChI is InChI=1S/C10H16N4O2/c1-8(15)11-6-7-14(2)10-12-5-4-9(13-10)16-3/h4-5H,6-7H2,1-3H3,(H,11,15). The summed E-state index contributed by atoms with van der Waals surface area (Å²) in [6.07, 6.45) is 1.63. The van der Waals surface area contributed by atoms with Gasteiger partial charge in [0.1, 0.15) is 0 Å². The van der Waals surface area contributed by atoms with Crippen LogP contribution in [0.1, 0.15) is 6.92 Å². The molecule has 0 spiro atoms. The number of hydrogen-bond acceptors (Lipinski definition) is 5. The molecule has 88 valence electrons. The highest BCUT2D eigenvalue weighted by molar-refractivity contribution is 5.72. The van der Waals surface area contributed by atoms with E-state index >= 15 is 0 Å². The molecule has 0 saturated carbocycles. The van der Waals surface area contributed by atoms with Gasteiger partial charge in [-0.15, -0.1) is 0 Å². The van der Waals surface area contributed by atoms with Crippen molar-refractivity contribution >= 4 is 11.9 Å². The average Bonchev–Trinajstić information content (AvgIpc) is 2.28. The van der Waals surface area contributed by atoms with E-state index in [1.807, 2.05) is 11.9 Å². The number of carbonyl (C=O) groups is 1. The van der Waals surface area contributed by atoms with Gasteiger partial charge < -0.3 is 15.0 Å². The molecule has 6 nitrogen and oxygen atoms in total. The molecular weight excluding hydrogens is 208 g/mol. The molecule has 1 amide bonds. The van der Waals surface area contributed by atoms with Gasteiger partial charge in [-0.2, -0.15) is 4.98 Å². The Labute approximate surface area is 94.6 Å². The molecule has 0 fully saturated rings. The summed E-state index contributed by atoms with van der Waals surface area (Å²) in [6.45, 7) is 2.70. The zero-order chi connectivity index (χ0) is 12.0. The molecule has 1 N–H and O–H groups in total. The van der Waals surface area contributed by atoms with E-state index in [-0.39, 0.29) is 5.91 Å². The largest absolute Gasteiger partial charge is 0.481 e. The Bertz CT molecular complexity index is 356. The first-order valence-corrected chi connectivity index (χ1v) is 4.96. The van der Waals surface area contributed by atoms with Gasteiger partial charge in [-0.3, -0.25) is 4.79 Å². The smallest absolute Gasteiger partial charge is 0.228 e. The van der Waals surface area contributed by atoms with E-state index in [9.17, 15) is 4.79 Å². The highest BCUT2D eigenvalue weighted by atomic mass is 16.5. The number of carbonyl (C=O) groups excluding carboxylic acids is 1. The molecule has 0 aromatic carbocycles. The van der Waals surface area contributed by atoms with Gasteiger partial charge in [-0.1, -0.05) is 0 Å². The fourth-order valence-corrected chi connectivity index (χ4v) is 1.13. The lowest BCUT2D eigenvalue weighted by molar-refractivity contribution is -0.118. The molecule has 0 aliphatic rings. The third kappa shape index (κ3) is 3.72. The summed E-state index contributed by atoms with van der Waals surface area (Å²) in [4.78, 5) is 20.8. The SMILES string of the molecule is COc1ccnc(N(C)CCNC(C)=O)n1. The molecule has 6 heteroatoms. The fourth-order valence-electron chi connectivity index (χ4n) is 1.13. The maximum absolute atomic E-state index is 10.7. The minimum absolute atomic E-state index is 0.0417. The van der Waals surface area contributed by atoms with Gasteiger partial charge in [-0.25, -0.2) is 4.98 Å². The van der Waals surface area contributed by atoms with Gasteiger partial charge in [0.2, 0.25) is 17.7 Å². The normalized spacial score (nSPS) is 9.69. The van der Waals surface area contributed by atoms with Crippen LogP contribution in [0.5, 0.6) is 5.88 Å². The van der Waals surface area contributed by atoms with Crippen molar-refractivity contribution < 1.29 is 9.53 Å². The van der Waals surface area contributed by atoms with Crippen LogP contribution >= 0.6 is 0 Å². The van der Waals surface area contributed by atoms with Crippen molar-refractivity contribution in [1.29, 1.82) is 0 Å². The van der Waals surface area contributed by atoms with Crippen molar-refractivity contribution in [3.05, 3.63) is 12.3 Å². The highest BCUT2D eigenvalue weighted by Crippen LogP contribution is 2.09. The second-order valence-electron chi connectivity index (χ2n) is 3.30. The van der Waals surface area contributed by atoms with E-state index in [0.717, 1.165) is 0 Å². The molecule has 1 heterocycles. The van der Waals surface area contributed by atoms with E-state index < -0.39 is 0 Å². The van der Waals surface area contributed by atoms with Gasteiger partial charge in [0, 0.05) is 39.3 Å². The summed E-state index contributed by atoms with van der Waals surface area (Å²) in [5.74, 6) is 1.06. The van der Waals surface area contributed by atoms with Crippen LogP contribution in [0.15, 0.2) is 12.3 Å². The zero-order valence-corrected chi connectivity index (χ0v) is 9.73. The van der Waals surface area contributed by atoms with Crippen LogP contribution in [-0.2, 0) is 4.79 Å². The van der Waals surface area contributed by atoms with Crippen LogP contribution in [0.25, 0.3) is 0 Å². The molecular formula is C10H16N4O2. The van der Waals surface area contributed by atoms with Crippen molar-refractivity contribution in [2.75, 3.05) is 32.1 Å². The van der Waals surface area contributed by atoms with E-state index in [4.69, 9.17) is 4.74 Å². The number of nitrogens with zero attached hydrogens (tertiary/aromatic N) is 3. The van der Waals surface area contributed by atoms with Crippen LogP contribution in [-0.4, -0.2) is 43.1 Å². The van der Waals surface area contributed by atoms with E-state index in [1.54, 1.807) is 19.4 Å². The van der Waals surface area contributed by atoms with Gasteiger partial charge in [-0.05, 0) is 0 Å². The molecule has 1 aromatic rings. The predicted octanol–water partition coefficient (Wildman–Crippen LogP) is 0.0575. The second-order valence-corrected chi connectivity index (χ2v) is 3.30. The lowest BCUT2D eigenvalue weighted by atomic mass is 10.5. The molecule has 0 radical (unpaired) electrons. The first-order chi connectivity index (χ1) is 7.63. The summed E-state index contributed by atoms with van der Waals surface area (Å²) in [5.41, 5.74) is 0. The Kier molecular flexibility index (Phi) is 4.50. The summed E-state index contributed by atoms with van der Waals surface area (Å²) in [5, 5.41) is 2.71. The van der Waals surface area contributed by atoms with E-state index in [0.29, 0.717) is 24.9 Å². The summed E-state index contributed by atoms with van der Waals surface area (Å²) in [7, 11) is 3.42. The summed E-state index contributed by atoms with van der Waals surface area (Å²) in [6, 6.07) is 1.69. The topological polar surface area (TPSA) is 67.3 Å². The lowest BCUT2D eigenvalue weighted by Crippen LogP contribution is -2.32. The molecule has 0 saturated heterocycles. The average molecular weight is 224 g/mol. The fraction of sp³-hybridized carbons (Fsp3) is 0.500. The van der Waals surface area contributed by atoms with Gasteiger partial charge in [0.15, 0.2) is 0 Å². The number of anilines is 1. The number of nitrogens with one attached hydrogen (secondary N) is 1. The molecule has 0 unspecified atom stereocenters. The molecule has 0 aliphatic heterocycles. The molecule has 16 heavy (non-hydrogen) atoms. The third-order valence-corrected chi connectivity index (χ3v) is 1.99. The minimum Gasteiger partial charge on any atom is -0.481 e. The van der Waals surface area contributed by atoms with Crippen molar-refractivity contribution in [1.82, 2.24) is 15.3 Å². The molecule has 0 aliphatic carbocycles. The number of amides is 1. The maximum atomic E-state index is 10.7. The number of hydrogen-bond donors (Lipinski definition) is 1. The molecule has 1 aromatic heterocycles. The number of ether oxygens (including phenoxy) is 1. The van der Waals surface area contributed by atoms with Crippen molar-refractivity contribution in [3.63, 3.8) is 0 Å². The first kappa shape index (κ1) is 12.2. The zero-order valence-electron chi connectivity index (χ0n) is 9.73. The number of likely N-dealkylation sites (N-methyl/N-ethyl adjacent to an activating group) is 1. The summed E-state index contributed by atoms with van der Waals surface area (Å²) >= 11 is 0. The van der Waals surface area contributed by atoms with Crippen LogP contribution < -0.4 is 15.0 Å². The van der Waals surface area contributed by atoms with Gasteiger partial charge in [0.25, 0.3) is 0 Å². The predicted molar refractivity (Wildman–Crippen MR) is 60.5 cm³/mol. The first-order valence-electron chi connectivity index (χ1n) is 4.96. The van der Waals surface area contributed by atoms with Crippen molar-refractivity contribution in [3.8, 4) is 5.88 Å². The molecule has 0 bridgehead atoms. The van der Waals surface area contributed by atoms with Crippen LogP contribution in [0.4, 0.5) is 5.95 Å². The van der Waals surface area contributed by atoms with E-state index in [1.165, 1.54) is 6.92 Å². The Morgan fingerprint density at radius 2 is 2.38 bits per heavy atom. The number of methoxy groups -OCH3 is 1. The van der Waals surface area contributed by atoms with Crippen LogP contribution in [0, 0.1) is 0 Å². The van der Waals surface area contributed by atoms with Crippen LogP contribution in [0.2, 0.25) is 0 Å². The van der Waals surface area contributed by atoms with Crippen LogP contribution in [0.3, 0.4) is 0 Å². The Hall–Kier alpha value is -1.85. The maximum Gasteiger partial charge on any atom is 0.228 e. The number of rotatable bonds is 5. The quantitative estimate of drug-likeness (QED) is 0.766. The molecule has 1 rings (SSSR count). The second kappa shape index (κ2) is 5.89. The lowest BCUT2D eigenvalue weighted by Gasteiger charge is -2.16. The Balaban J connectivity index is 2.51. The monoisotopic (exact) mass is 224 g/mol. The highest BCUT2D eigenvalue weighted by Gasteiger charge is 2.05. The number of aromatic nitrogens is 2. The third-order valence-electron chi connectivity index (χ3n) is 1.99. The summed E-state index contributed by atoms with van der Waals surface area (Å²) < 4.78 is 5.00. The van der Waals surface area contributed by atoms with E-state index in [2.05, 4.69) is 15.3 Å². The Morgan fingerprint density at radius 3 is 3.00 bits per heavy atom. The van der Waals surface area contributed by atoms with Crippen molar-refractivity contribution in [2.24, 2.45) is 0 Å². The van der Waals surface area contributed by atoms with Gasteiger partial charge in [0.05, 0.1) is 7.11 Å². The van der Waals surface area contributed by atoms with Gasteiger partial charge >= 0.3 is 0 Å². The minimum atomic E-state index is -0.0417.